The quantitative estimate of drug-likeness (QED) is 0.536. The van der Waals surface area contributed by atoms with Crippen LogP contribution in [-0.4, -0.2) is 60.3 Å². The fourth-order valence-electron chi connectivity index (χ4n) is 4.24. The molecule has 0 bridgehead atoms. The van der Waals surface area contributed by atoms with Crippen LogP contribution in [0.4, 0.5) is 26.2 Å². The van der Waals surface area contributed by atoms with E-state index in [-0.39, 0.29) is 16.7 Å². The van der Waals surface area contributed by atoms with Crippen molar-refractivity contribution in [3.05, 3.63) is 54.1 Å². The number of hydrogen-bond acceptors (Lipinski definition) is 9. The Morgan fingerprint density at radius 3 is 2.44 bits per heavy atom. The molecule has 178 valence electrons. The minimum atomic E-state index is -3.50. The first-order chi connectivity index (χ1) is 16.3. The molecule has 0 amide bonds. The highest BCUT2D eigenvalue weighted by atomic mass is 32.2. The number of fused-ring (bicyclic) bond motifs is 1. The van der Waals surface area contributed by atoms with Gasteiger partial charge < -0.3 is 14.5 Å². The number of anilines is 3. The van der Waals surface area contributed by atoms with Crippen molar-refractivity contribution in [3.8, 4) is 5.88 Å². The number of benzene rings is 1. The lowest BCUT2D eigenvalue weighted by Crippen LogP contribution is -2.39. The van der Waals surface area contributed by atoms with E-state index in [1.54, 1.807) is 4.90 Å². The van der Waals surface area contributed by atoms with Crippen LogP contribution in [0, 0.1) is 11.6 Å². The molecular formula is C22H22F2N6O3S. The number of hydrogen-bond donors (Lipinski definition) is 0. The van der Waals surface area contributed by atoms with Crippen LogP contribution in [0.1, 0.15) is 18.4 Å². The average molecular weight is 489 g/mol. The Bertz CT molecular complexity index is 1310. The predicted octanol–water partition coefficient (Wildman–Crippen LogP) is 2.69. The van der Waals surface area contributed by atoms with Gasteiger partial charge in [-0.15, -0.1) is 0 Å². The van der Waals surface area contributed by atoms with Gasteiger partial charge in [0.25, 0.3) is 0 Å². The summed E-state index contributed by atoms with van der Waals surface area (Å²) >= 11 is 0. The molecule has 0 radical (unpaired) electrons. The number of halogens is 2. The predicted molar refractivity (Wildman–Crippen MR) is 120 cm³/mol. The standard InChI is InChI=1S/C22H22F2N6O3S/c1-34(31,32)16-2-3-19(18(24)10-16)30-9-6-17-20(30)27-13-28-21(17)33-15-4-7-29(8-5-15)22-25-11-14(23)12-26-22/h2-3,10-13,15H,4-9H2,1H3. The van der Waals surface area contributed by atoms with Gasteiger partial charge in [0.15, 0.2) is 15.7 Å². The van der Waals surface area contributed by atoms with E-state index < -0.39 is 21.5 Å². The summed E-state index contributed by atoms with van der Waals surface area (Å²) in [6.45, 7) is 1.79. The zero-order valence-electron chi connectivity index (χ0n) is 18.4. The van der Waals surface area contributed by atoms with Crippen LogP contribution in [0.2, 0.25) is 0 Å². The molecule has 1 aromatic carbocycles. The van der Waals surface area contributed by atoms with Gasteiger partial charge in [0.1, 0.15) is 24.1 Å². The first-order valence-corrected chi connectivity index (χ1v) is 12.7. The van der Waals surface area contributed by atoms with Gasteiger partial charge in [0, 0.05) is 38.7 Å². The van der Waals surface area contributed by atoms with Crippen molar-refractivity contribution in [2.24, 2.45) is 0 Å². The van der Waals surface area contributed by atoms with Crippen molar-refractivity contribution in [1.29, 1.82) is 0 Å². The minimum Gasteiger partial charge on any atom is -0.474 e. The summed E-state index contributed by atoms with van der Waals surface area (Å²) in [5, 5.41) is 0. The highest BCUT2D eigenvalue weighted by Gasteiger charge is 2.30. The van der Waals surface area contributed by atoms with Gasteiger partial charge in [-0.25, -0.2) is 37.1 Å². The molecule has 2 aromatic heterocycles. The third-order valence-electron chi connectivity index (χ3n) is 5.97. The normalized spacial score (nSPS) is 16.6. The van der Waals surface area contributed by atoms with Crippen molar-refractivity contribution in [1.82, 2.24) is 19.9 Å². The minimum absolute atomic E-state index is 0.0720. The summed E-state index contributed by atoms with van der Waals surface area (Å²) in [5.74, 6) is 0.403. The van der Waals surface area contributed by atoms with Crippen molar-refractivity contribution in [2.75, 3.05) is 35.7 Å². The number of ether oxygens (including phenoxy) is 1. The largest absolute Gasteiger partial charge is 0.474 e. The molecule has 1 fully saturated rings. The molecule has 5 rings (SSSR count). The summed E-state index contributed by atoms with van der Waals surface area (Å²) in [4.78, 5) is 20.3. The molecular weight excluding hydrogens is 466 g/mol. The Hall–Kier alpha value is -3.41. The fraction of sp³-hybridized carbons (Fsp3) is 0.364. The molecule has 0 saturated carbocycles. The Morgan fingerprint density at radius 1 is 1.03 bits per heavy atom. The maximum atomic E-state index is 14.8. The molecule has 3 aromatic rings. The topological polar surface area (TPSA) is 101 Å². The zero-order chi connectivity index (χ0) is 23.9. The van der Waals surface area contributed by atoms with Crippen LogP contribution in [0.15, 0.2) is 41.8 Å². The Morgan fingerprint density at radius 2 is 1.76 bits per heavy atom. The Labute approximate surface area is 195 Å². The molecule has 4 heterocycles. The smallest absolute Gasteiger partial charge is 0.225 e. The van der Waals surface area contributed by atoms with Gasteiger partial charge >= 0.3 is 0 Å². The van der Waals surface area contributed by atoms with Crippen LogP contribution >= 0.6 is 0 Å². The van der Waals surface area contributed by atoms with Crippen molar-refractivity contribution < 1.29 is 21.9 Å². The summed E-state index contributed by atoms with van der Waals surface area (Å²) in [6.07, 6.45) is 6.65. The van der Waals surface area contributed by atoms with Gasteiger partial charge in [-0.05, 0) is 24.6 Å². The van der Waals surface area contributed by atoms with Crippen LogP contribution < -0.4 is 14.5 Å². The van der Waals surface area contributed by atoms with E-state index in [0.29, 0.717) is 56.5 Å². The molecule has 9 nitrogen and oxygen atoms in total. The van der Waals surface area contributed by atoms with Crippen LogP contribution in [-0.2, 0) is 16.3 Å². The first-order valence-electron chi connectivity index (χ1n) is 10.8. The number of rotatable bonds is 5. The van der Waals surface area contributed by atoms with Gasteiger partial charge in [0.2, 0.25) is 11.8 Å². The van der Waals surface area contributed by atoms with E-state index in [0.717, 1.165) is 30.3 Å². The average Bonchev–Trinajstić information content (AvgIpc) is 3.24. The van der Waals surface area contributed by atoms with Gasteiger partial charge in [-0.3, -0.25) is 0 Å². The summed E-state index contributed by atoms with van der Waals surface area (Å²) < 4.78 is 57.5. The number of nitrogens with zero attached hydrogens (tertiary/aromatic N) is 6. The van der Waals surface area contributed by atoms with E-state index in [4.69, 9.17) is 4.74 Å². The second kappa shape index (κ2) is 8.75. The van der Waals surface area contributed by atoms with E-state index >= 15 is 0 Å². The molecule has 34 heavy (non-hydrogen) atoms. The molecule has 0 atom stereocenters. The lowest BCUT2D eigenvalue weighted by Gasteiger charge is -2.32. The molecule has 1 saturated heterocycles. The van der Waals surface area contributed by atoms with E-state index in [2.05, 4.69) is 19.9 Å². The molecule has 0 unspecified atom stereocenters. The van der Waals surface area contributed by atoms with Crippen molar-refractivity contribution in [3.63, 3.8) is 0 Å². The molecule has 0 spiro atoms. The number of piperidine rings is 1. The van der Waals surface area contributed by atoms with Gasteiger partial charge in [-0.1, -0.05) is 0 Å². The second-order valence-corrected chi connectivity index (χ2v) is 10.3. The fourth-order valence-corrected chi connectivity index (χ4v) is 4.87. The van der Waals surface area contributed by atoms with E-state index in [9.17, 15) is 17.2 Å². The zero-order valence-corrected chi connectivity index (χ0v) is 19.2. The van der Waals surface area contributed by atoms with Crippen molar-refractivity contribution in [2.45, 2.75) is 30.3 Å². The van der Waals surface area contributed by atoms with Crippen LogP contribution in [0.3, 0.4) is 0 Å². The molecule has 0 aliphatic carbocycles. The second-order valence-electron chi connectivity index (χ2n) is 8.27. The lowest BCUT2D eigenvalue weighted by molar-refractivity contribution is 0.162. The maximum Gasteiger partial charge on any atom is 0.225 e. The summed E-state index contributed by atoms with van der Waals surface area (Å²) in [7, 11) is -3.50. The summed E-state index contributed by atoms with van der Waals surface area (Å²) in [5.41, 5.74) is 1.04. The van der Waals surface area contributed by atoms with Gasteiger partial charge in [0.05, 0.1) is 28.5 Å². The Balaban J connectivity index is 1.30. The maximum absolute atomic E-state index is 14.8. The SMILES string of the molecule is CS(=O)(=O)c1ccc(N2CCc3c(OC4CCN(c5ncc(F)cn5)CC4)ncnc32)c(F)c1. The van der Waals surface area contributed by atoms with Crippen LogP contribution in [0.5, 0.6) is 5.88 Å². The Kier molecular flexibility index (Phi) is 5.76. The van der Waals surface area contributed by atoms with E-state index in [1.807, 2.05) is 4.90 Å². The third-order valence-corrected chi connectivity index (χ3v) is 7.08. The third kappa shape index (κ3) is 4.37. The number of aromatic nitrogens is 4. The van der Waals surface area contributed by atoms with Crippen molar-refractivity contribution >= 4 is 27.3 Å². The molecule has 2 aliphatic rings. The number of sulfone groups is 1. The molecule has 0 N–H and O–H groups in total. The lowest BCUT2D eigenvalue weighted by atomic mass is 10.1. The molecule has 12 heteroatoms. The van der Waals surface area contributed by atoms with Crippen LogP contribution in [0.25, 0.3) is 0 Å². The highest BCUT2D eigenvalue weighted by molar-refractivity contribution is 7.90. The van der Waals surface area contributed by atoms with E-state index in [1.165, 1.54) is 18.5 Å². The monoisotopic (exact) mass is 488 g/mol. The van der Waals surface area contributed by atoms with Gasteiger partial charge in [-0.2, -0.15) is 0 Å². The highest BCUT2D eigenvalue weighted by Crippen LogP contribution is 2.38. The molecule has 2 aliphatic heterocycles. The first kappa shape index (κ1) is 22.4. The summed E-state index contributed by atoms with van der Waals surface area (Å²) in [6, 6.07) is 3.87.